The van der Waals surface area contributed by atoms with E-state index >= 15 is 0 Å². The molecule has 1 aromatic carbocycles. The number of nitrogens with two attached hydrogens (primary N) is 1. The summed E-state index contributed by atoms with van der Waals surface area (Å²) in [6, 6.07) is 6.89. The monoisotopic (exact) mass is 317 g/mol. The van der Waals surface area contributed by atoms with Crippen molar-refractivity contribution < 1.29 is 17.9 Å². The van der Waals surface area contributed by atoms with E-state index in [1.54, 1.807) is 24.3 Å². The lowest BCUT2D eigenvalue weighted by molar-refractivity contribution is 0.204. The van der Waals surface area contributed by atoms with Gasteiger partial charge < -0.3 is 15.2 Å². The molecule has 0 fully saturated rings. The second-order valence-electron chi connectivity index (χ2n) is 4.31. The third-order valence-electron chi connectivity index (χ3n) is 2.79. The van der Waals surface area contributed by atoms with Crippen LogP contribution in [-0.2, 0) is 14.9 Å². The summed E-state index contributed by atoms with van der Waals surface area (Å²) in [7, 11) is -0.600. The van der Waals surface area contributed by atoms with Crippen molar-refractivity contribution in [2.75, 3.05) is 44.8 Å². The quantitative estimate of drug-likeness (QED) is 0.607. The zero-order valence-corrected chi connectivity index (χ0v) is 13.2. The third kappa shape index (κ3) is 5.50. The van der Waals surface area contributed by atoms with Crippen molar-refractivity contribution in [3.8, 4) is 5.75 Å². The summed E-state index contributed by atoms with van der Waals surface area (Å²) in [4.78, 5) is 0. The highest BCUT2D eigenvalue weighted by molar-refractivity contribution is 7.90. The van der Waals surface area contributed by atoms with Gasteiger partial charge in [0, 0.05) is 26.3 Å². The van der Waals surface area contributed by atoms with Gasteiger partial charge in [0.15, 0.2) is 0 Å². The first-order valence-corrected chi connectivity index (χ1v) is 8.09. The smallest absolute Gasteiger partial charge is 0.301 e. The Kier molecular flexibility index (Phi) is 7.44. The van der Waals surface area contributed by atoms with Crippen LogP contribution in [0.2, 0.25) is 0 Å². The molecule has 0 spiro atoms. The van der Waals surface area contributed by atoms with E-state index in [4.69, 9.17) is 15.2 Å². The van der Waals surface area contributed by atoms with Crippen molar-refractivity contribution in [2.24, 2.45) is 5.73 Å². The van der Waals surface area contributed by atoms with E-state index in [0.29, 0.717) is 37.6 Å². The molecule has 0 radical (unpaired) electrons. The van der Waals surface area contributed by atoms with Crippen molar-refractivity contribution in [2.45, 2.75) is 6.42 Å². The van der Waals surface area contributed by atoms with Gasteiger partial charge >= 0.3 is 10.2 Å². The summed E-state index contributed by atoms with van der Waals surface area (Å²) >= 11 is 0. The molecule has 0 bridgehead atoms. The molecular formula is C13H23N3O4S. The molecule has 0 saturated carbocycles. The molecule has 0 aliphatic carbocycles. The highest BCUT2D eigenvalue weighted by atomic mass is 32.2. The number of ether oxygens (including phenoxy) is 2. The molecule has 0 heterocycles. The highest BCUT2D eigenvalue weighted by Crippen LogP contribution is 2.23. The van der Waals surface area contributed by atoms with E-state index in [-0.39, 0.29) is 6.54 Å². The van der Waals surface area contributed by atoms with Crippen LogP contribution in [0.15, 0.2) is 24.3 Å². The molecule has 3 N–H and O–H groups in total. The fourth-order valence-corrected chi connectivity index (χ4v) is 3.00. The second kappa shape index (κ2) is 8.83. The van der Waals surface area contributed by atoms with E-state index in [1.165, 1.54) is 18.5 Å². The topological polar surface area (TPSA) is 93.9 Å². The van der Waals surface area contributed by atoms with E-state index in [2.05, 4.69) is 4.72 Å². The van der Waals surface area contributed by atoms with Crippen LogP contribution in [-0.4, -0.2) is 48.9 Å². The van der Waals surface area contributed by atoms with Gasteiger partial charge in [0.2, 0.25) is 0 Å². The summed E-state index contributed by atoms with van der Waals surface area (Å²) in [6.45, 7) is 1.23. The molecule has 7 nitrogen and oxygen atoms in total. The minimum atomic E-state index is -3.65. The number of hydrogen-bond donors (Lipinski definition) is 2. The van der Waals surface area contributed by atoms with E-state index < -0.39 is 10.2 Å². The van der Waals surface area contributed by atoms with Crippen LogP contribution in [0.3, 0.4) is 0 Å². The number of nitrogens with one attached hydrogen (secondary N) is 1. The summed E-state index contributed by atoms with van der Waals surface area (Å²) < 4.78 is 38.6. The Balaban J connectivity index is 2.97. The number of hydrogen-bond acceptors (Lipinski definition) is 5. The Morgan fingerprint density at radius 2 is 2.10 bits per heavy atom. The highest BCUT2D eigenvalue weighted by Gasteiger charge is 2.21. The van der Waals surface area contributed by atoms with Crippen molar-refractivity contribution in [1.29, 1.82) is 0 Å². The van der Waals surface area contributed by atoms with Crippen LogP contribution in [0.25, 0.3) is 0 Å². The maximum atomic E-state index is 12.4. The summed E-state index contributed by atoms with van der Waals surface area (Å²) in [6.07, 6.45) is 0.558. The minimum absolute atomic E-state index is 0.210. The molecule has 1 aromatic rings. The van der Waals surface area contributed by atoms with Crippen molar-refractivity contribution in [3.05, 3.63) is 24.3 Å². The Hall–Kier alpha value is -1.35. The van der Waals surface area contributed by atoms with E-state index in [1.807, 2.05) is 0 Å². The average molecular weight is 317 g/mol. The largest absolute Gasteiger partial charge is 0.497 e. The predicted octanol–water partition coefficient (Wildman–Crippen LogP) is 0.331. The zero-order chi connectivity index (χ0) is 15.7. The first kappa shape index (κ1) is 17.7. The third-order valence-corrected chi connectivity index (χ3v) is 4.33. The van der Waals surface area contributed by atoms with Gasteiger partial charge in [-0.15, -0.1) is 0 Å². The number of nitrogens with zero attached hydrogens (tertiary/aromatic N) is 1. The first-order valence-electron chi connectivity index (χ1n) is 6.65. The maximum Gasteiger partial charge on any atom is 0.301 e. The molecule has 0 unspecified atom stereocenters. The Morgan fingerprint density at radius 3 is 2.71 bits per heavy atom. The van der Waals surface area contributed by atoms with E-state index in [9.17, 15) is 8.42 Å². The minimum Gasteiger partial charge on any atom is -0.497 e. The summed E-state index contributed by atoms with van der Waals surface area (Å²) in [5.74, 6) is 0.595. The van der Waals surface area contributed by atoms with Crippen molar-refractivity contribution in [3.63, 3.8) is 0 Å². The number of anilines is 1. The van der Waals surface area contributed by atoms with Gasteiger partial charge in [-0.25, -0.2) is 0 Å². The normalized spacial score (nSPS) is 11.4. The molecule has 1 rings (SSSR count). The molecule has 0 aromatic heterocycles. The molecule has 120 valence electrons. The maximum absolute atomic E-state index is 12.4. The molecule has 0 aliphatic rings. The Morgan fingerprint density at radius 1 is 1.33 bits per heavy atom. The van der Waals surface area contributed by atoms with Crippen LogP contribution in [0.4, 0.5) is 5.69 Å². The van der Waals surface area contributed by atoms with Gasteiger partial charge in [0.25, 0.3) is 0 Å². The van der Waals surface area contributed by atoms with Gasteiger partial charge in [-0.1, -0.05) is 6.07 Å². The van der Waals surface area contributed by atoms with Crippen LogP contribution in [0, 0.1) is 0 Å². The van der Waals surface area contributed by atoms with Crippen molar-refractivity contribution in [1.82, 2.24) is 4.72 Å². The van der Waals surface area contributed by atoms with Crippen LogP contribution in [0.5, 0.6) is 5.75 Å². The number of methoxy groups -OCH3 is 2. The lowest BCUT2D eigenvalue weighted by Crippen LogP contribution is -2.43. The summed E-state index contributed by atoms with van der Waals surface area (Å²) in [5.41, 5.74) is 6.02. The average Bonchev–Trinajstić information content (AvgIpc) is 2.48. The number of benzene rings is 1. The lowest BCUT2D eigenvalue weighted by atomic mass is 10.3. The number of rotatable bonds is 10. The molecule has 0 atom stereocenters. The molecule has 0 saturated heterocycles. The Bertz CT molecular complexity index is 522. The standard InChI is InChI=1S/C13H23N3O4S/c1-19-10-8-15-21(17,18)16(9-4-7-14)12-5-3-6-13(11-12)20-2/h3,5-6,11,15H,4,7-10,14H2,1-2H3. The predicted molar refractivity (Wildman–Crippen MR) is 82.8 cm³/mol. The van der Waals surface area contributed by atoms with Crippen molar-refractivity contribution >= 4 is 15.9 Å². The van der Waals surface area contributed by atoms with Gasteiger partial charge in [-0.3, -0.25) is 4.31 Å². The first-order chi connectivity index (χ1) is 10.0. The van der Waals surface area contributed by atoms with Crippen LogP contribution >= 0.6 is 0 Å². The van der Waals surface area contributed by atoms with Gasteiger partial charge in [0.1, 0.15) is 5.75 Å². The Labute approximate surface area is 126 Å². The molecule has 0 aliphatic heterocycles. The van der Waals surface area contributed by atoms with E-state index in [0.717, 1.165) is 0 Å². The second-order valence-corrected chi connectivity index (χ2v) is 5.99. The molecule has 8 heteroatoms. The molecule has 21 heavy (non-hydrogen) atoms. The van der Waals surface area contributed by atoms with Crippen LogP contribution < -0.4 is 19.5 Å². The van der Waals surface area contributed by atoms with Gasteiger partial charge in [0.05, 0.1) is 19.4 Å². The molecule has 0 amide bonds. The SMILES string of the molecule is COCCNS(=O)(=O)N(CCCN)c1cccc(OC)c1. The van der Waals surface area contributed by atoms with Crippen LogP contribution in [0.1, 0.15) is 6.42 Å². The zero-order valence-electron chi connectivity index (χ0n) is 12.4. The lowest BCUT2D eigenvalue weighted by Gasteiger charge is -2.24. The molecular weight excluding hydrogens is 294 g/mol. The van der Waals surface area contributed by atoms with Gasteiger partial charge in [-0.2, -0.15) is 13.1 Å². The fourth-order valence-electron chi connectivity index (χ4n) is 1.74. The fraction of sp³-hybridized carbons (Fsp3) is 0.538. The summed E-state index contributed by atoms with van der Waals surface area (Å²) in [5, 5.41) is 0. The van der Waals surface area contributed by atoms with Gasteiger partial charge in [-0.05, 0) is 25.1 Å².